The van der Waals surface area contributed by atoms with Gasteiger partial charge in [-0.15, -0.1) is 0 Å². The summed E-state index contributed by atoms with van der Waals surface area (Å²) >= 11 is 0. The van der Waals surface area contributed by atoms with Crippen LogP contribution < -0.4 is 5.32 Å². The molecule has 1 amide bonds. The molecule has 0 bridgehead atoms. The zero-order valence-electron chi connectivity index (χ0n) is 18.6. The van der Waals surface area contributed by atoms with Gasteiger partial charge in [-0.1, -0.05) is 56.3 Å². The van der Waals surface area contributed by atoms with E-state index in [2.05, 4.69) is 75.5 Å². The molecule has 3 nitrogen and oxygen atoms in total. The summed E-state index contributed by atoms with van der Waals surface area (Å²) in [6.45, 7) is 11.6. The quantitative estimate of drug-likeness (QED) is 0.593. The molecule has 1 unspecified atom stereocenters. The van der Waals surface area contributed by atoms with Crippen LogP contribution in [-0.4, -0.2) is 29.5 Å². The summed E-state index contributed by atoms with van der Waals surface area (Å²) in [5.74, 6) is 0.178. The summed E-state index contributed by atoms with van der Waals surface area (Å²) in [5, 5.41) is 3.30. The molecule has 3 heteroatoms. The molecule has 0 radical (unpaired) electrons. The average Bonchev–Trinajstić information content (AvgIpc) is 2.72. The van der Waals surface area contributed by atoms with Crippen molar-refractivity contribution in [3.8, 4) is 0 Å². The van der Waals surface area contributed by atoms with Crippen LogP contribution in [0.2, 0.25) is 0 Å². The number of aryl methyl sites for hydroxylation is 3. The van der Waals surface area contributed by atoms with Crippen LogP contribution in [0.25, 0.3) is 0 Å². The Morgan fingerprint density at radius 1 is 0.931 bits per heavy atom. The summed E-state index contributed by atoms with van der Waals surface area (Å²) in [7, 11) is 0. The number of anilines is 1. The van der Waals surface area contributed by atoms with Gasteiger partial charge in [0.2, 0.25) is 0 Å². The number of benzene rings is 2. The zero-order chi connectivity index (χ0) is 20.9. The normalized spacial score (nSPS) is 17.0. The first-order chi connectivity index (χ1) is 14.0. The lowest BCUT2D eigenvalue weighted by molar-refractivity contribution is -0.959. The number of nitrogens with one attached hydrogen (secondary N) is 1. The minimum Gasteiger partial charge on any atom is -0.320 e. The SMILES string of the molecule is CCc1ccc(C[N+]2(C(CC)C(=O)Nc3c(C)cccc3C)CCCCC2)cc1. The molecule has 1 N–H and O–H groups in total. The van der Waals surface area contributed by atoms with Crippen molar-refractivity contribution in [2.24, 2.45) is 0 Å². The molecule has 1 saturated heterocycles. The number of para-hydroxylation sites is 1. The number of amides is 1. The number of rotatable bonds is 7. The third-order valence-corrected chi connectivity index (χ3v) is 6.72. The fourth-order valence-electron chi connectivity index (χ4n) is 5.01. The Balaban J connectivity index is 1.87. The Morgan fingerprint density at radius 3 is 2.07 bits per heavy atom. The largest absolute Gasteiger partial charge is 0.320 e. The molecular weight excluding hydrogens is 356 g/mol. The van der Waals surface area contributed by atoms with Gasteiger partial charge >= 0.3 is 0 Å². The van der Waals surface area contributed by atoms with Crippen molar-refractivity contribution in [1.29, 1.82) is 0 Å². The van der Waals surface area contributed by atoms with Crippen LogP contribution in [0, 0.1) is 13.8 Å². The van der Waals surface area contributed by atoms with E-state index in [1.54, 1.807) is 0 Å². The second-order valence-electron chi connectivity index (χ2n) is 8.73. The molecule has 2 aromatic carbocycles. The number of hydrogen-bond donors (Lipinski definition) is 1. The Bertz CT molecular complexity index is 799. The predicted octanol–water partition coefficient (Wildman–Crippen LogP) is 5.78. The summed E-state index contributed by atoms with van der Waals surface area (Å²) < 4.78 is 0.888. The van der Waals surface area contributed by atoms with Crippen molar-refractivity contribution in [1.82, 2.24) is 0 Å². The number of piperidine rings is 1. The van der Waals surface area contributed by atoms with Crippen molar-refractivity contribution >= 4 is 11.6 Å². The van der Waals surface area contributed by atoms with E-state index < -0.39 is 0 Å². The number of quaternary nitrogens is 1. The number of likely N-dealkylation sites (tertiary alicyclic amines) is 1. The van der Waals surface area contributed by atoms with Gasteiger partial charge < -0.3 is 9.80 Å². The maximum atomic E-state index is 13.5. The third-order valence-electron chi connectivity index (χ3n) is 6.72. The van der Waals surface area contributed by atoms with Gasteiger partial charge in [-0.25, -0.2) is 0 Å². The summed E-state index contributed by atoms with van der Waals surface area (Å²) in [6.07, 6.45) is 5.63. The molecule has 1 aliphatic rings. The molecule has 156 valence electrons. The molecule has 2 aromatic rings. The monoisotopic (exact) mass is 393 g/mol. The summed E-state index contributed by atoms with van der Waals surface area (Å²) in [4.78, 5) is 13.5. The minimum atomic E-state index is -0.0137. The van der Waals surface area contributed by atoms with E-state index in [-0.39, 0.29) is 11.9 Å². The average molecular weight is 394 g/mol. The van der Waals surface area contributed by atoms with Crippen LogP contribution in [0.5, 0.6) is 0 Å². The van der Waals surface area contributed by atoms with Gasteiger partial charge in [-0.2, -0.15) is 0 Å². The first-order valence-electron chi connectivity index (χ1n) is 11.3. The molecule has 0 aliphatic carbocycles. The molecule has 1 heterocycles. The van der Waals surface area contributed by atoms with Crippen molar-refractivity contribution in [2.75, 3.05) is 18.4 Å². The highest BCUT2D eigenvalue weighted by molar-refractivity contribution is 5.95. The van der Waals surface area contributed by atoms with E-state index in [0.29, 0.717) is 0 Å². The molecule has 1 fully saturated rings. The van der Waals surface area contributed by atoms with E-state index in [9.17, 15) is 4.79 Å². The van der Waals surface area contributed by atoms with Crippen LogP contribution in [0.3, 0.4) is 0 Å². The molecule has 1 atom stereocenters. The van der Waals surface area contributed by atoms with Gasteiger partial charge in [-0.05, 0) is 56.2 Å². The standard InChI is InChI=1S/C26H36N2O/c1-5-22-13-15-23(16-14-22)19-28(17-8-7-9-18-28)24(6-2)26(29)27-25-20(3)11-10-12-21(25)4/h10-16,24H,5-9,17-19H2,1-4H3/p+1. The highest BCUT2D eigenvalue weighted by Gasteiger charge is 2.42. The van der Waals surface area contributed by atoms with E-state index in [1.807, 2.05) is 0 Å². The Labute approximate surface area is 176 Å². The van der Waals surface area contributed by atoms with Crippen LogP contribution in [0.4, 0.5) is 5.69 Å². The predicted molar refractivity (Wildman–Crippen MR) is 122 cm³/mol. The topological polar surface area (TPSA) is 29.1 Å². The maximum absolute atomic E-state index is 13.5. The Hall–Kier alpha value is -2.13. The lowest BCUT2D eigenvalue weighted by Crippen LogP contribution is -2.61. The lowest BCUT2D eigenvalue weighted by atomic mass is 9.97. The van der Waals surface area contributed by atoms with E-state index >= 15 is 0 Å². The fourth-order valence-corrected chi connectivity index (χ4v) is 5.01. The van der Waals surface area contributed by atoms with Crippen LogP contribution >= 0.6 is 0 Å². The van der Waals surface area contributed by atoms with Crippen molar-refractivity contribution in [2.45, 2.75) is 72.4 Å². The zero-order valence-corrected chi connectivity index (χ0v) is 18.6. The van der Waals surface area contributed by atoms with Crippen LogP contribution in [-0.2, 0) is 17.8 Å². The number of nitrogens with zero attached hydrogens (tertiary/aromatic N) is 1. The van der Waals surface area contributed by atoms with Gasteiger partial charge in [0, 0.05) is 17.7 Å². The van der Waals surface area contributed by atoms with Gasteiger partial charge in [0.25, 0.3) is 5.91 Å². The fraction of sp³-hybridized carbons (Fsp3) is 0.500. The summed E-state index contributed by atoms with van der Waals surface area (Å²) in [5.41, 5.74) is 5.97. The Morgan fingerprint density at radius 2 is 1.52 bits per heavy atom. The maximum Gasteiger partial charge on any atom is 0.282 e. The van der Waals surface area contributed by atoms with Crippen LogP contribution in [0.1, 0.15) is 61.8 Å². The lowest BCUT2D eigenvalue weighted by Gasteiger charge is -2.46. The molecule has 29 heavy (non-hydrogen) atoms. The first-order valence-corrected chi connectivity index (χ1v) is 11.3. The highest BCUT2D eigenvalue weighted by atomic mass is 16.2. The van der Waals surface area contributed by atoms with Crippen molar-refractivity contribution < 1.29 is 9.28 Å². The molecule has 1 aliphatic heterocycles. The van der Waals surface area contributed by atoms with Gasteiger partial charge in [0.15, 0.2) is 6.04 Å². The highest BCUT2D eigenvalue weighted by Crippen LogP contribution is 2.30. The molecule has 3 rings (SSSR count). The van der Waals surface area contributed by atoms with E-state index in [1.165, 1.54) is 30.4 Å². The Kier molecular flexibility index (Phi) is 7.13. The second-order valence-corrected chi connectivity index (χ2v) is 8.73. The molecule has 0 saturated carbocycles. The molecule has 0 aromatic heterocycles. The number of hydrogen-bond acceptors (Lipinski definition) is 1. The van der Waals surface area contributed by atoms with E-state index in [0.717, 1.165) is 53.8 Å². The molecule has 0 spiro atoms. The second kappa shape index (κ2) is 9.58. The smallest absolute Gasteiger partial charge is 0.282 e. The minimum absolute atomic E-state index is 0.0137. The van der Waals surface area contributed by atoms with Crippen LogP contribution in [0.15, 0.2) is 42.5 Å². The van der Waals surface area contributed by atoms with Gasteiger partial charge in [0.05, 0.1) is 13.1 Å². The third kappa shape index (κ3) is 4.90. The first kappa shape index (κ1) is 21.6. The van der Waals surface area contributed by atoms with Crippen molar-refractivity contribution in [3.05, 3.63) is 64.7 Å². The summed E-state index contributed by atoms with van der Waals surface area (Å²) in [6, 6.07) is 15.2. The number of carbonyl (C=O) groups is 1. The van der Waals surface area contributed by atoms with Gasteiger partial charge in [-0.3, -0.25) is 4.79 Å². The van der Waals surface area contributed by atoms with Crippen molar-refractivity contribution in [3.63, 3.8) is 0 Å². The molecular formula is C26H37N2O+. The van der Waals surface area contributed by atoms with Gasteiger partial charge in [0.1, 0.15) is 6.54 Å². The van der Waals surface area contributed by atoms with E-state index in [4.69, 9.17) is 0 Å². The number of carbonyl (C=O) groups excluding carboxylic acids is 1.